The zero-order valence-corrected chi connectivity index (χ0v) is 32.7. The van der Waals surface area contributed by atoms with E-state index < -0.39 is 0 Å². The second-order valence-corrected chi connectivity index (χ2v) is 17.6. The number of nitrogens with zero attached hydrogens (tertiary/aromatic N) is 3. The fourth-order valence-electron chi connectivity index (χ4n) is 12.9. The third kappa shape index (κ3) is 4.58. The van der Waals surface area contributed by atoms with E-state index >= 15 is 0 Å². The molecule has 9 aromatic rings. The van der Waals surface area contributed by atoms with Gasteiger partial charge in [0.25, 0.3) is 0 Å². The van der Waals surface area contributed by atoms with Crippen LogP contribution in [0.25, 0.3) is 60.5 Å². The van der Waals surface area contributed by atoms with Crippen LogP contribution in [0.5, 0.6) is 0 Å². The highest BCUT2D eigenvalue weighted by Gasteiger charge is 2.66. The van der Waals surface area contributed by atoms with E-state index in [0.717, 1.165) is 40.0 Å². The fourth-order valence-corrected chi connectivity index (χ4v) is 12.9. The lowest BCUT2D eigenvalue weighted by Crippen LogP contribution is -2.40. The first-order valence-electron chi connectivity index (χ1n) is 21.3. The van der Waals surface area contributed by atoms with E-state index in [0.29, 0.717) is 17.4 Å². The summed E-state index contributed by atoms with van der Waals surface area (Å²) in [5, 5.41) is 15.2. The molecule has 3 nitrogen and oxygen atoms in total. The average Bonchev–Trinajstić information content (AvgIpc) is 3.95. The maximum atomic E-state index is 10.1. The highest BCUT2D eigenvalue weighted by atomic mass is 15.1. The first kappa shape index (κ1) is 33.1. The van der Waals surface area contributed by atoms with Crippen molar-refractivity contribution in [3.63, 3.8) is 0 Å². The number of nitriles is 1. The quantitative estimate of drug-likeness (QED) is 0.175. The van der Waals surface area contributed by atoms with Crippen LogP contribution >= 0.6 is 0 Å². The van der Waals surface area contributed by atoms with Gasteiger partial charge in [-0.05, 0) is 155 Å². The molecule has 0 N–H and O–H groups in total. The van der Waals surface area contributed by atoms with Gasteiger partial charge in [-0.25, -0.2) is 0 Å². The summed E-state index contributed by atoms with van der Waals surface area (Å²) < 4.78 is 2.51. The van der Waals surface area contributed by atoms with E-state index in [1.165, 1.54) is 80.6 Å². The first-order valence-corrected chi connectivity index (χ1v) is 21.3. The minimum Gasteiger partial charge on any atom is -0.310 e. The molecule has 0 amide bonds. The van der Waals surface area contributed by atoms with E-state index in [9.17, 15) is 5.26 Å². The summed E-state index contributed by atoms with van der Waals surface area (Å²) >= 11 is 0. The molecular weight excluding hydrogens is 715 g/mol. The SMILES string of the molecule is N#Cc1ccc(N(c2ccc3c(c2)C2(c4cc(-n5c6ccccc6c6ccccc65)ccc4-3)C3CC4CC(C3)C2C4)c2ccc3ccccc3c2)c(-c2ccccc2)c1. The number of aromatic nitrogens is 1. The summed E-state index contributed by atoms with van der Waals surface area (Å²) in [6, 6.07) is 67.3. The average molecular weight is 756 g/mol. The van der Waals surface area contributed by atoms with Gasteiger partial charge in [-0.15, -0.1) is 0 Å². The van der Waals surface area contributed by atoms with Crippen molar-refractivity contribution in [2.24, 2.45) is 23.7 Å². The number of hydrogen-bond donors (Lipinski definition) is 0. The van der Waals surface area contributed by atoms with Crippen LogP contribution in [0.2, 0.25) is 0 Å². The normalized spacial score (nSPS) is 22.0. The van der Waals surface area contributed by atoms with Gasteiger partial charge in [0.15, 0.2) is 0 Å². The zero-order valence-electron chi connectivity index (χ0n) is 32.7. The summed E-state index contributed by atoms with van der Waals surface area (Å²) in [7, 11) is 0. The zero-order chi connectivity index (χ0) is 38.8. The molecule has 5 aliphatic rings. The third-order valence-corrected chi connectivity index (χ3v) is 15.0. The molecule has 1 spiro atoms. The molecule has 59 heavy (non-hydrogen) atoms. The Labute approximate surface area is 344 Å². The minimum atomic E-state index is -0.0326. The Bertz CT molecular complexity index is 3180. The summed E-state index contributed by atoms with van der Waals surface area (Å²) in [5.41, 5.74) is 15.8. The molecule has 0 aliphatic heterocycles. The molecule has 0 radical (unpaired) electrons. The molecule has 5 aliphatic carbocycles. The molecule has 4 saturated carbocycles. The van der Waals surface area contributed by atoms with Crippen LogP contribution in [-0.2, 0) is 5.41 Å². The molecule has 14 rings (SSSR count). The number of benzene rings is 8. The molecule has 8 aromatic carbocycles. The maximum Gasteiger partial charge on any atom is 0.0991 e. The Morgan fingerprint density at radius 3 is 2.00 bits per heavy atom. The summed E-state index contributed by atoms with van der Waals surface area (Å²) in [4.78, 5) is 2.46. The molecule has 280 valence electrons. The standard InChI is InChI=1S/C56H41N3/c57-34-35-18-25-55(49(28-35)38-11-2-1-3-12-38)58(42-20-19-37-10-4-5-13-39(37)31-42)43-21-23-45-46-24-22-44(59-53-16-8-6-14-47(53)48-15-7-9-17-54(48)59)33-52(46)56(51(45)32-43)41-27-36-26-40(30-41)50(56)29-36/h1-25,28,31-33,36,40-41,50H,26-27,29-30H2. The lowest BCUT2D eigenvalue weighted by Gasteiger charge is -2.44. The molecule has 0 saturated heterocycles. The highest BCUT2D eigenvalue weighted by Crippen LogP contribution is 2.73. The van der Waals surface area contributed by atoms with Gasteiger partial charge in [0, 0.05) is 38.8 Å². The van der Waals surface area contributed by atoms with E-state index in [1.54, 1.807) is 5.56 Å². The number of para-hydroxylation sites is 2. The summed E-state index contributed by atoms with van der Waals surface area (Å²) in [6.45, 7) is 0. The van der Waals surface area contributed by atoms with Gasteiger partial charge in [0.2, 0.25) is 0 Å². The molecule has 4 bridgehead atoms. The summed E-state index contributed by atoms with van der Waals surface area (Å²) in [5.74, 6) is 2.89. The van der Waals surface area contributed by atoms with Crippen molar-refractivity contribution in [1.29, 1.82) is 5.26 Å². The number of rotatable bonds is 5. The van der Waals surface area contributed by atoms with Crippen molar-refractivity contribution in [2.45, 2.75) is 31.1 Å². The molecule has 1 aromatic heterocycles. The van der Waals surface area contributed by atoms with Crippen LogP contribution in [0, 0.1) is 35.0 Å². The van der Waals surface area contributed by atoms with Crippen LogP contribution in [0.1, 0.15) is 42.4 Å². The van der Waals surface area contributed by atoms with Crippen LogP contribution < -0.4 is 4.90 Å². The number of anilines is 3. The monoisotopic (exact) mass is 755 g/mol. The Hall–Kier alpha value is -6.89. The van der Waals surface area contributed by atoms with E-state index in [1.807, 2.05) is 6.07 Å². The predicted molar refractivity (Wildman–Crippen MR) is 242 cm³/mol. The Balaban J connectivity index is 1.05. The Kier molecular flexibility index (Phi) is 6.91. The maximum absolute atomic E-state index is 10.1. The van der Waals surface area contributed by atoms with Gasteiger partial charge in [0.05, 0.1) is 28.4 Å². The van der Waals surface area contributed by atoms with E-state index in [-0.39, 0.29) is 5.41 Å². The van der Waals surface area contributed by atoms with Crippen LogP contribution in [0.15, 0.2) is 176 Å². The van der Waals surface area contributed by atoms with Crippen molar-refractivity contribution >= 4 is 49.6 Å². The lowest BCUT2D eigenvalue weighted by atomic mass is 9.59. The Morgan fingerprint density at radius 2 is 1.22 bits per heavy atom. The van der Waals surface area contributed by atoms with Gasteiger partial charge in [-0.3, -0.25) is 0 Å². The molecule has 3 heteroatoms. The van der Waals surface area contributed by atoms with Crippen LogP contribution in [0.4, 0.5) is 17.1 Å². The third-order valence-electron chi connectivity index (χ3n) is 15.0. The van der Waals surface area contributed by atoms with Gasteiger partial charge in [-0.2, -0.15) is 5.26 Å². The molecule has 1 heterocycles. The van der Waals surface area contributed by atoms with Crippen molar-refractivity contribution in [3.8, 4) is 34.0 Å². The van der Waals surface area contributed by atoms with Gasteiger partial charge in [0.1, 0.15) is 0 Å². The van der Waals surface area contributed by atoms with Crippen molar-refractivity contribution in [2.75, 3.05) is 4.90 Å². The fraction of sp³-hybridized carbons (Fsp3) is 0.161. The van der Waals surface area contributed by atoms with Gasteiger partial charge < -0.3 is 9.47 Å². The molecular formula is C56H41N3. The molecule has 4 fully saturated rings. The highest BCUT2D eigenvalue weighted by molar-refractivity contribution is 6.09. The van der Waals surface area contributed by atoms with Crippen molar-refractivity contribution in [1.82, 2.24) is 4.57 Å². The van der Waals surface area contributed by atoms with Gasteiger partial charge >= 0.3 is 0 Å². The smallest absolute Gasteiger partial charge is 0.0991 e. The van der Waals surface area contributed by atoms with E-state index in [4.69, 9.17) is 0 Å². The summed E-state index contributed by atoms with van der Waals surface area (Å²) in [6.07, 6.45) is 5.35. The predicted octanol–water partition coefficient (Wildman–Crippen LogP) is 14.3. The van der Waals surface area contributed by atoms with Gasteiger partial charge in [-0.1, -0.05) is 109 Å². The number of fused-ring (bicyclic) bond motifs is 7. The topological polar surface area (TPSA) is 32.0 Å². The van der Waals surface area contributed by atoms with Crippen molar-refractivity contribution < 1.29 is 0 Å². The number of hydrogen-bond acceptors (Lipinski definition) is 2. The Morgan fingerprint density at radius 1 is 0.542 bits per heavy atom. The first-order chi connectivity index (χ1) is 29.2. The molecule has 5 atom stereocenters. The largest absolute Gasteiger partial charge is 0.310 e. The molecule has 5 unspecified atom stereocenters. The van der Waals surface area contributed by atoms with Crippen LogP contribution in [-0.4, -0.2) is 4.57 Å². The lowest BCUT2D eigenvalue weighted by molar-refractivity contribution is 0.191. The second-order valence-electron chi connectivity index (χ2n) is 17.6. The second kappa shape index (κ2) is 12.3. The van der Waals surface area contributed by atoms with Crippen LogP contribution in [0.3, 0.4) is 0 Å². The minimum absolute atomic E-state index is 0.0326. The van der Waals surface area contributed by atoms with E-state index in [2.05, 4.69) is 185 Å². The van der Waals surface area contributed by atoms with Crippen molar-refractivity contribution in [3.05, 3.63) is 193 Å².